The highest BCUT2D eigenvalue weighted by Crippen LogP contribution is 2.26. The number of aryl methyl sites for hydroxylation is 2. The van der Waals surface area contributed by atoms with Crippen LogP contribution in [0.15, 0.2) is 18.2 Å². The second-order valence-electron chi connectivity index (χ2n) is 4.22. The predicted molar refractivity (Wildman–Crippen MR) is 71.0 cm³/mol. The number of nitrogens with two attached hydrogens (primary N) is 1. The van der Waals surface area contributed by atoms with Crippen molar-refractivity contribution in [3.63, 3.8) is 0 Å². The van der Waals surface area contributed by atoms with Crippen LogP contribution in [-0.4, -0.2) is 19.7 Å². The second kappa shape index (κ2) is 3.92. The van der Waals surface area contributed by atoms with Crippen molar-refractivity contribution >= 4 is 28.0 Å². The van der Waals surface area contributed by atoms with Gasteiger partial charge in [0.25, 0.3) is 5.95 Å². The monoisotopic (exact) mass is 242 g/mol. The molecule has 6 heteroatoms. The van der Waals surface area contributed by atoms with E-state index in [2.05, 4.69) is 45.7 Å². The number of anilines is 1. The molecule has 3 N–H and O–H groups in total. The maximum atomic E-state index is 5.31. The molecule has 0 spiro atoms. The first-order valence-corrected chi connectivity index (χ1v) is 5.83. The summed E-state index contributed by atoms with van der Waals surface area (Å²) in [4.78, 5) is 4.34. The summed E-state index contributed by atoms with van der Waals surface area (Å²) in [6, 6.07) is 6.35. The fourth-order valence-corrected chi connectivity index (χ4v) is 2.19. The van der Waals surface area contributed by atoms with E-state index in [-0.39, 0.29) is 0 Å². The van der Waals surface area contributed by atoms with Gasteiger partial charge in [0, 0.05) is 12.4 Å². The zero-order valence-corrected chi connectivity index (χ0v) is 10.3. The number of hydrogen-bond donors (Lipinski definition) is 2. The van der Waals surface area contributed by atoms with Crippen molar-refractivity contribution in [3.8, 4) is 0 Å². The fourth-order valence-electron chi connectivity index (χ4n) is 2.19. The number of aromatic nitrogens is 4. The first kappa shape index (κ1) is 10.9. The van der Waals surface area contributed by atoms with Gasteiger partial charge in [0.2, 0.25) is 0 Å². The molecule has 0 saturated heterocycles. The van der Waals surface area contributed by atoms with Crippen molar-refractivity contribution in [2.75, 3.05) is 5.43 Å². The summed E-state index contributed by atoms with van der Waals surface area (Å²) >= 11 is 0. The largest absolute Gasteiger partial charge is 0.327 e. The number of hydrazine groups is 1. The van der Waals surface area contributed by atoms with Gasteiger partial charge in [0.15, 0.2) is 5.65 Å². The lowest BCUT2D eigenvalue weighted by Crippen LogP contribution is -2.11. The smallest absolute Gasteiger partial charge is 0.258 e. The molecule has 3 aromatic rings. The maximum absolute atomic E-state index is 5.31. The van der Waals surface area contributed by atoms with Gasteiger partial charge in [-0.05, 0) is 24.1 Å². The van der Waals surface area contributed by atoms with Crippen LogP contribution in [0.1, 0.15) is 12.5 Å². The Morgan fingerprint density at radius 2 is 2.17 bits per heavy atom. The average molecular weight is 242 g/mol. The molecule has 0 aliphatic rings. The van der Waals surface area contributed by atoms with E-state index in [4.69, 9.17) is 5.84 Å². The van der Waals surface area contributed by atoms with Crippen LogP contribution in [0.4, 0.5) is 5.95 Å². The Morgan fingerprint density at radius 1 is 1.33 bits per heavy atom. The molecule has 6 nitrogen and oxygen atoms in total. The van der Waals surface area contributed by atoms with Gasteiger partial charge in [-0.3, -0.25) is 5.43 Å². The molecular weight excluding hydrogens is 228 g/mol. The van der Waals surface area contributed by atoms with Crippen molar-refractivity contribution in [3.05, 3.63) is 23.8 Å². The molecule has 0 bridgehead atoms. The molecule has 0 fully saturated rings. The van der Waals surface area contributed by atoms with Gasteiger partial charge in [-0.1, -0.05) is 13.0 Å². The van der Waals surface area contributed by atoms with Crippen LogP contribution in [0.5, 0.6) is 0 Å². The van der Waals surface area contributed by atoms with Crippen LogP contribution in [0, 0.1) is 0 Å². The summed E-state index contributed by atoms with van der Waals surface area (Å²) in [5.74, 6) is 5.63. The van der Waals surface area contributed by atoms with Gasteiger partial charge in [-0.2, -0.15) is 4.98 Å². The molecule has 0 aliphatic heterocycles. The van der Waals surface area contributed by atoms with Gasteiger partial charge < -0.3 is 4.57 Å². The number of fused-ring (bicyclic) bond motifs is 3. The van der Waals surface area contributed by atoms with Crippen LogP contribution >= 0.6 is 0 Å². The third kappa shape index (κ3) is 1.42. The van der Waals surface area contributed by atoms with E-state index in [1.54, 1.807) is 0 Å². The normalized spacial score (nSPS) is 11.3. The van der Waals surface area contributed by atoms with Crippen LogP contribution < -0.4 is 11.3 Å². The van der Waals surface area contributed by atoms with Crippen LogP contribution in [-0.2, 0) is 13.5 Å². The Bertz CT molecular complexity index is 730. The van der Waals surface area contributed by atoms with Gasteiger partial charge in [-0.15, -0.1) is 10.2 Å². The molecule has 18 heavy (non-hydrogen) atoms. The van der Waals surface area contributed by atoms with Crippen molar-refractivity contribution in [2.45, 2.75) is 13.3 Å². The molecular formula is C12H14N6. The van der Waals surface area contributed by atoms with Crippen molar-refractivity contribution in [2.24, 2.45) is 12.9 Å². The van der Waals surface area contributed by atoms with Crippen LogP contribution in [0.3, 0.4) is 0 Å². The van der Waals surface area contributed by atoms with Crippen molar-refractivity contribution < 1.29 is 0 Å². The minimum atomic E-state index is 0.323. The molecule has 0 aliphatic carbocycles. The Hall–Kier alpha value is -2.21. The highest BCUT2D eigenvalue weighted by molar-refractivity contribution is 6.04. The van der Waals surface area contributed by atoms with Gasteiger partial charge in [0.1, 0.15) is 5.52 Å². The lowest BCUT2D eigenvalue weighted by Gasteiger charge is -1.98. The van der Waals surface area contributed by atoms with Crippen molar-refractivity contribution in [1.82, 2.24) is 19.7 Å². The summed E-state index contributed by atoms with van der Waals surface area (Å²) in [7, 11) is 1.96. The summed E-state index contributed by atoms with van der Waals surface area (Å²) in [5, 5.41) is 9.21. The minimum Gasteiger partial charge on any atom is -0.327 e. The maximum Gasteiger partial charge on any atom is 0.258 e. The molecule has 0 atom stereocenters. The minimum absolute atomic E-state index is 0.323. The van der Waals surface area contributed by atoms with Gasteiger partial charge >= 0.3 is 0 Å². The number of rotatable bonds is 2. The third-order valence-electron chi connectivity index (χ3n) is 3.20. The van der Waals surface area contributed by atoms with E-state index in [1.165, 1.54) is 5.56 Å². The summed E-state index contributed by atoms with van der Waals surface area (Å²) in [6.45, 7) is 2.13. The second-order valence-corrected chi connectivity index (χ2v) is 4.22. The predicted octanol–water partition coefficient (Wildman–Crippen LogP) is 1.36. The van der Waals surface area contributed by atoms with E-state index in [0.717, 1.165) is 28.5 Å². The summed E-state index contributed by atoms with van der Waals surface area (Å²) < 4.78 is 2.00. The Kier molecular flexibility index (Phi) is 2.38. The van der Waals surface area contributed by atoms with E-state index in [9.17, 15) is 0 Å². The van der Waals surface area contributed by atoms with Gasteiger partial charge in [-0.25, -0.2) is 5.84 Å². The topological polar surface area (TPSA) is 81.7 Å². The molecule has 92 valence electrons. The molecule has 2 heterocycles. The van der Waals surface area contributed by atoms with Gasteiger partial charge in [0.05, 0.1) is 5.52 Å². The molecule has 0 unspecified atom stereocenters. The van der Waals surface area contributed by atoms with Crippen molar-refractivity contribution in [1.29, 1.82) is 0 Å². The summed E-state index contributed by atoms with van der Waals surface area (Å²) in [6.07, 6.45) is 0.996. The lowest BCUT2D eigenvalue weighted by atomic mass is 10.1. The average Bonchev–Trinajstić information content (AvgIpc) is 2.71. The van der Waals surface area contributed by atoms with E-state index in [1.807, 2.05) is 11.6 Å². The Morgan fingerprint density at radius 3 is 2.89 bits per heavy atom. The number of hydrogen-bond acceptors (Lipinski definition) is 5. The number of benzene rings is 1. The standard InChI is InChI=1S/C12H14N6/c1-3-7-4-5-9-8(6-7)10-11(18(9)2)14-12(15-13)17-16-10/h4-6H,3,13H2,1-2H3,(H,14,15,17). The zero-order valence-electron chi connectivity index (χ0n) is 10.3. The quantitative estimate of drug-likeness (QED) is 0.524. The van der Waals surface area contributed by atoms with Crippen LogP contribution in [0.25, 0.3) is 22.1 Å². The molecule has 1 aromatic carbocycles. The number of nitrogens with one attached hydrogen (secondary N) is 1. The summed E-state index contributed by atoms with van der Waals surface area (Å²) in [5.41, 5.74) is 6.37. The molecule has 3 rings (SSSR count). The highest BCUT2D eigenvalue weighted by atomic mass is 15.4. The third-order valence-corrected chi connectivity index (χ3v) is 3.20. The molecule has 0 amide bonds. The SMILES string of the molecule is CCc1ccc2c(c1)c1nnc(NN)nc1n2C. The zero-order chi connectivity index (χ0) is 12.7. The molecule has 0 saturated carbocycles. The molecule has 0 radical (unpaired) electrons. The fraction of sp³-hybridized carbons (Fsp3) is 0.250. The Labute approximate surface area is 104 Å². The Balaban J connectivity index is 2.42. The first-order chi connectivity index (χ1) is 8.74. The number of nitrogen functional groups attached to an aromatic ring is 1. The molecule has 2 aromatic heterocycles. The van der Waals surface area contributed by atoms with E-state index in [0.29, 0.717) is 5.95 Å². The van der Waals surface area contributed by atoms with Crippen LogP contribution in [0.2, 0.25) is 0 Å². The highest BCUT2D eigenvalue weighted by Gasteiger charge is 2.12. The van der Waals surface area contributed by atoms with E-state index >= 15 is 0 Å². The first-order valence-electron chi connectivity index (χ1n) is 5.83. The lowest BCUT2D eigenvalue weighted by molar-refractivity contribution is 0.949. The number of nitrogens with zero attached hydrogens (tertiary/aromatic N) is 4. The van der Waals surface area contributed by atoms with E-state index < -0.39 is 0 Å².